The molecule has 10 rings (SSSR count). The lowest BCUT2D eigenvalue weighted by molar-refractivity contribution is -0.398. The number of ether oxygens (including phenoxy) is 10. The van der Waals surface area contributed by atoms with Crippen molar-refractivity contribution in [2.24, 2.45) is 50.7 Å². The molecule has 78 heavy (non-hydrogen) atoms. The summed E-state index contributed by atoms with van der Waals surface area (Å²) in [6, 6.07) is 0. The minimum atomic E-state index is -1.93. The maximum absolute atomic E-state index is 11.8. The number of rotatable bonds is 15. The maximum atomic E-state index is 11.8. The molecule has 5 aliphatic carbocycles. The Balaban J connectivity index is 0.843. The third kappa shape index (κ3) is 9.03. The third-order valence-electron chi connectivity index (χ3n) is 22.1. The molecule has 24 heteroatoms. The highest BCUT2D eigenvalue weighted by atomic mass is 16.8. The van der Waals surface area contributed by atoms with Gasteiger partial charge in [-0.15, -0.1) is 0 Å². The molecule has 0 amide bonds. The largest absolute Gasteiger partial charge is 0.467 e. The third-order valence-corrected chi connectivity index (χ3v) is 22.1. The molecule has 10 fully saturated rings. The van der Waals surface area contributed by atoms with Crippen LogP contribution in [-0.4, -0.2) is 246 Å². The summed E-state index contributed by atoms with van der Waals surface area (Å²) in [5, 5.41) is 148. The highest BCUT2D eigenvalue weighted by molar-refractivity contribution is 5.32. The van der Waals surface area contributed by atoms with Crippen LogP contribution < -0.4 is 0 Å². The second kappa shape index (κ2) is 21.6. The first-order valence-corrected chi connectivity index (χ1v) is 28.2. The number of hydrogen-bond acceptors (Lipinski definition) is 24. The topological polar surface area (TPSA) is 376 Å². The quantitative estimate of drug-likeness (QED) is 0.0589. The fourth-order valence-electron chi connectivity index (χ4n) is 17.9. The predicted molar refractivity (Wildman–Crippen MR) is 263 cm³/mol. The molecule has 0 unspecified atom stereocenters. The van der Waals surface area contributed by atoms with E-state index in [2.05, 4.69) is 34.6 Å². The average molecular weight is 1120 g/mol. The Morgan fingerprint density at radius 1 is 0.513 bits per heavy atom. The highest BCUT2D eigenvalue weighted by Gasteiger charge is 2.85. The molecule has 0 aromatic carbocycles. The van der Waals surface area contributed by atoms with Crippen LogP contribution in [0.3, 0.4) is 0 Å². The van der Waals surface area contributed by atoms with E-state index < -0.39 is 167 Å². The van der Waals surface area contributed by atoms with Gasteiger partial charge in [0.15, 0.2) is 24.7 Å². The molecule has 2 spiro atoms. The van der Waals surface area contributed by atoms with Gasteiger partial charge in [-0.1, -0.05) is 34.6 Å². The Kier molecular flexibility index (Phi) is 16.6. The van der Waals surface area contributed by atoms with Crippen LogP contribution in [0.4, 0.5) is 0 Å². The molecule has 0 aromatic rings. The van der Waals surface area contributed by atoms with E-state index in [1.807, 2.05) is 6.08 Å². The summed E-state index contributed by atoms with van der Waals surface area (Å²) in [5.74, 6) is 0.351. The Morgan fingerprint density at radius 2 is 0.987 bits per heavy atom. The Hall–Kier alpha value is -1.38. The molecule has 0 aromatic heterocycles. The number of aliphatic hydroxyl groups is 14. The van der Waals surface area contributed by atoms with Crippen molar-refractivity contribution in [1.29, 1.82) is 0 Å². The summed E-state index contributed by atoms with van der Waals surface area (Å²) in [6.07, 6.45) is -23.6. The molecule has 5 saturated heterocycles. The van der Waals surface area contributed by atoms with E-state index in [0.717, 1.165) is 44.9 Å². The summed E-state index contributed by atoms with van der Waals surface area (Å²) in [4.78, 5) is 0. The van der Waals surface area contributed by atoms with Crippen LogP contribution in [0.15, 0.2) is 11.8 Å². The minimum absolute atomic E-state index is 0.00763. The standard InChI is InChI=1S/C54H88O24/c1-22(70-45-40(67)36(63)32(59)25(16-55)71-45)8-9-24-23(2)44-50(5)14-15-53-21-52(53)13-12-31(49(3,4)29(52)10-11-30(53)51(50,6)20-54(44,69-7)78-24)75-47-42(38(65)34(61)27(18-57)73-47)77-48-43(39(66)35(62)28(19-58)74-48)76-46-41(68)37(64)33(60)26(17-56)72-46/h8,23-48,55-68H,9-21H2,1-7H3/b22-8-/t23-,24-,25-,26-,27-,28-,29+,30+,31+,32-,33-,34+,35-,36+,37+,38+,39+,40-,41-,42-,43-,44-,45-,46+,47+,48+,50-,51+,52-,53+,54+/m1/s1. The van der Waals surface area contributed by atoms with Crippen molar-refractivity contribution in [1.82, 2.24) is 0 Å². The van der Waals surface area contributed by atoms with Gasteiger partial charge in [0.2, 0.25) is 6.29 Å². The monoisotopic (exact) mass is 1120 g/mol. The number of fused-ring (bicyclic) bond motifs is 4. The molecule has 31 atom stereocenters. The Bertz CT molecular complexity index is 2140. The van der Waals surface area contributed by atoms with Gasteiger partial charge in [-0.2, -0.15) is 0 Å². The summed E-state index contributed by atoms with van der Waals surface area (Å²) in [6.45, 7) is 10.4. The van der Waals surface area contributed by atoms with Gasteiger partial charge >= 0.3 is 0 Å². The van der Waals surface area contributed by atoms with Gasteiger partial charge in [-0.25, -0.2) is 0 Å². The Morgan fingerprint density at radius 3 is 1.54 bits per heavy atom. The van der Waals surface area contributed by atoms with Crippen LogP contribution >= 0.6 is 0 Å². The van der Waals surface area contributed by atoms with Gasteiger partial charge in [0.25, 0.3) is 0 Å². The van der Waals surface area contributed by atoms with Gasteiger partial charge in [0.05, 0.1) is 44.4 Å². The summed E-state index contributed by atoms with van der Waals surface area (Å²) in [5.41, 5.74) is -0.703. The molecule has 5 aliphatic heterocycles. The van der Waals surface area contributed by atoms with Crippen molar-refractivity contribution >= 4 is 0 Å². The molecule has 0 radical (unpaired) electrons. The summed E-state index contributed by atoms with van der Waals surface area (Å²) < 4.78 is 62.0. The average Bonchev–Trinajstić information content (AvgIpc) is 2.89. The molecular formula is C54H88O24. The SMILES string of the molecule is CO[C@]12C[C@@]3(C)[C@@H]4CC[C@H]5C(C)(C)[C@@H](O[C@@H]6O[C@H](CO)[C@H](O)[C@H](O)[C@H]6O[C@@H]6O[C@H](CO)[C@@H](O)[C@H](O)[C@H]6O[C@@H]6O[C@H](CO)[C@@H](O)[C@H](O)[C@H]6O)CC[C@@]56C[C@@]46CC[C@]3(C)[C@H]1[C@H](C)[C@@H](C/C=C(/C)O[C@@H]1O[C@H](CO)[C@@H](O)[C@H](O)[C@H]1O)O2. The van der Waals surface area contributed by atoms with Crippen LogP contribution in [-0.2, 0) is 47.4 Å². The summed E-state index contributed by atoms with van der Waals surface area (Å²) >= 11 is 0. The first kappa shape index (κ1) is 59.8. The van der Waals surface area contributed by atoms with Gasteiger partial charge < -0.3 is 119 Å². The van der Waals surface area contributed by atoms with E-state index >= 15 is 0 Å². The van der Waals surface area contributed by atoms with Crippen molar-refractivity contribution in [3.05, 3.63) is 11.8 Å². The maximum Gasteiger partial charge on any atom is 0.228 e. The molecule has 10 aliphatic rings. The molecule has 5 saturated carbocycles. The van der Waals surface area contributed by atoms with E-state index in [0.29, 0.717) is 24.5 Å². The van der Waals surface area contributed by atoms with E-state index in [1.54, 1.807) is 14.0 Å². The second-order valence-electron chi connectivity index (χ2n) is 25.9. The minimum Gasteiger partial charge on any atom is -0.467 e. The first-order chi connectivity index (χ1) is 36.8. The smallest absolute Gasteiger partial charge is 0.228 e. The van der Waals surface area contributed by atoms with Gasteiger partial charge in [-0.3, -0.25) is 0 Å². The lowest BCUT2D eigenvalue weighted by Crippen LogP contribution is -2.67. The first-order valence-electron chi connectivity index (χ1n) is 28.2. The molecule has 448 valence electrons. The fourth-order valence-corrected chi connectivity index (χ4v) is 17.9. The number of allylic oxidation sites excluding steroid dienone is 1. The van der Waals surface area contributed by atoms with E-state index in [4.69, 9.17) is 47.4 Å². The molecule has 14 N–H and O–H groups in total. The van der Waals surface area contributed by atoms with Crippen LogP contribution in [0.25, 0.3) is 0 Å². The predicted octanol–water partition coefficient (Wildman–Crippen LogP) is -2.64. The van der Waals surface area contributed by atoms with Crippen LogP contribution in [0.2, 0.25) is 0 Å². The van der Waals surface area contributed by atoms with E-state index in [9.17, 15) is 71.5 Å². The lowest BCUT2D eigenvalue weighted by atomic mass is 9.41. The van der Waals surface area contributed by atoms with Crippen molar-refractivity contribution in [3.8, 4) is 0 Å². The van der Waals surface area contributed by atoms with Crippen molar-refractivity contribution in [2.45, 2.75) is 240 Å². The second-order valence-corrected chi connectivity index (χ2v) is 25.9. The molecule has 5 heterocycles. The molecule has 0 bridgehead atoms. The summed E-state index contributed by atoms with van der Waals surface area (Å²) in [7, 11) is 1.75. The van der Waals surface area contributed by atoms with Crippen LogP contribution in [0.5, 0.6) is 0 Å². The zero-order valence-electron chi connectivity index (χ0n) is 45.6. The zero-order valence-corrected chi connectivity index (χ0v) is 45.6. The number of aliphatic hydroxyl groups excluding tert-OH is 14. The zero-order chi connectivity index (χ0) is 56.6. The number of hydrogen-bond donors (Lipinski definition) is 14. The Labute approximate surface area is 454 Å². The fraction of sp³-hybridized carbons (Fsp3) is 0.963. The van der Waals surface area contributed by atoms with Crippen molar-refractivity contribution < 1.29 is 119 Å². The lowest BCUT2D eigenvalue weighted by Gasteiger charge is -2.63. The van der Waals surface area contributed by atoms with Gasteiger partial charge in [0.1, 0.15) is 97.7 Å². The van der Waals surface area contributed by atoms with Crippen molar-refractivity contribution in [3.63, 3.8) is 0 Å². The molecular weight excluding hydrogens is 1030 g/mol. The van der Waals surface area contributed by atoms with Crippen LogP contribution in [0.1, 0.15) is 99.3 Å². The molecule has 24 nitrogen and oxygen atoms in total. The number of methoxy groups -OCH3 is 1. The van der Waals surface area contributed by atoms with Gasteiger partial charge in [0, 0.05) is 19.4 Å². The highest BCUT2D eigenvalue weighted by Crippen LogP contribution is 2.90. The van der Waals surface area contributed by atoms with E-state index in [-0.39, 0.29) is 45.5 Å². The van der Waals surface area contributed by atoms with Gasteiger partial charge in [-0.05, 0) is 109 Å². The van der Waals surface area contributed by atoms with Crippen molar-refractivity contribution in [2.75, 3.05) is 33.5 Å². The van der Waals surface area contributed by atoms with Crippen LogP contribution in [0, 0.1) is 50.7 Å². The van der Waals surface area contributed by atoms with E-state index in [1.165, 1.54) is 0 Å². The normalized spacial score (nSPS) is 56.5.